The quantitative estimate of drug-likeness (QED) is 0.856. The standard InChI is InChI=1S/C16H23NO2/c1-15(2)13(16(15,3)4)10-17-9-11-7-5-6-8-12(11)14(18)19/h5-8,13,17H,9-10H2,1-4H3,(H,18,19). The van der Waals surface area contributed by atoms with Crippen molar-refractivity contribution in [2.45, 2.75) is 34.2 Å². The highest BCUT2D eigenvalue weighted by Crippen LogP contribution is 2.67. The van der Waals surface area contributed by atoms with E-state index in [0.29, 0.717) is 28.9 Å². The molecule has 0 bridgehead atoms. The first kappa shape index (κ1) is 14.1. The molecule has 1 aromatic rings. The molecule has 0 radical (unpaired) electrons. The van der Waals surface area contributed by atoms with E-state index in [0.717, 1.165) is 12.1 Å². The molecule has 1 aromatic carbocycles. The Morgan fingerprint density at radius 3 is 2.32 bits per heavy atom. The number of aromatic carboxylic acids is 1. The highest BCUT2D eigenvalue weighted by atomic mass is 16.4. The fourth-order valence-electron chi connectivity index (χ4n) is 3.08. The van der Waals surface area contributed by atoms with Crippen LogP contribution in [0.15, 0.2) is 24.3 Å². The fraction of sp³-hybridized carbons (Fsp3) is 0.562. The molecular weight excluding hydrogens is 238 g/mol. The van der Waals surface area contributed by atoms with Gasteiger partial charge in [-0.2, -0.15) is 0 Å². The van der Waals surface area contributed by atoms with E-state index in [1.165, 1.54) is 0 Å². The number of carbonyl (C=O) groups is 1. The summed E-state index contributed by atoms with van der Waals surface area (Å²) >= 11 is 0. The number of benzene rings is 1. The zero-order valence-corrected chi connectivity index (χ0v) is 12.2. The molecular formula is C16H23NO2. The van der Waals surface area contributed by atoms with E-state index >= 15 is 0 Å². The topological polar surface area (TPSA) is 49.3 Å². The van der Waals surface area contributed by atoms with Crippen molar-refractivity contribution in [1.82, 2.24) is 5.32 Å². The van der Waals surface area contributed by atoms with Gasteiger partial charge in [0.05, 0.1) is 5.56 Å². The van der Waals surface area contributed by atoms with Crippen LogP contribution in [0.2, 0.25) is 0 Å². The summed E-state index contributed by atoms with van der Waals surface area (Å²) in [7, 11) is 0. The predicted octanol–water partition coefficient (Wildman–Crippen LogP) is 3.16. The van der Waals surface area contributed by atoms with Crippen molar-refractivity contribution in [3.8, 4) is 0 Å². The molecule has 0 unspecified atom stereocenters. The largest absolute Gasteiger partial charge is 0.478 e. The minimum atomic E-state index is -0.857. The average Bonchev–Trinajstić information content (AvgIpc) is 2.71. The molecule has 0 spiro atoms. The smallest absolute Gasteiger partial charge is 0.336 e. The van der Waals surface area contributed by atoms with E-state index in [1.807, 2.05) is 12.1 Å². The van der Waals surface area contributed by atoms with Gasteiger partial charge in [0.15, 0.2) is 0 Å². The number of hydrogen-bond donors (Lipinski definition) is 2. The van der Waals surface area contributed by atoms with E-state index < -0.39 is 5.97 Å². The van der Waals surface area contributed by atoms with E-state index in [1.54, 1.807) is 12.1 Å². The highest BCUT2D eigenvalue weighted by molar-refractivity contribution is 5.89. The first-order valence-corrected chi connectivity index (χ1v) is 6.80. The Morgan fingerprint density at radius 2 is 1.79 bits per heavy atom. The fourth-order valence-corrected chi connectivity index (χ4v) is 3.08. The number of nitrogens with one attached hydrogen (secondary N) is 1. The third kappa shape index (κ3) is 2.39. The molecule has 1 aliphatic carbocycles. The monoisotopic (exact) mass is 261 g/mol. The van der Waals surface area contributed by atoms with Crippen molar-refractivity contribution >= 4 is 5.97 Å². The van der Waals surface area contributed by atoms with Crippen LogP contribution in [0.3, 0.4) is 0 Å². The highest BCUT2D eigenvalue weighted by Gasteiger charge is 2.63. The average molecular weight is 261 g/mol. The zero-order chi connectivity index (χ0) is 14.3. The molecule has 0 aliphatic heterocycles. The van der Waals surface area contributed by atoms with Gasteiger partial charge in [0, 0.05) is 6.54 Å². The van der Waals surface area contributed by atoms with Gasteiger partial charge in [0.2, 0.25) is 0 Å². The van der Waals surface area contributed by atoms with Gasteiger partial charge in [0.25, 0.3) is 0 Å². The summed E-state index contributed by atoms with van der Waals surface area (Å²) in [4.78, 5) is 11.1. The van der Waals surface area contributed by atoms with Crippen LogP contribution >= 0.6 is 0 Å². The van der Waals surface area contributed by atoms with Crippen LogP contribution in [-0.4, -0.2) is 17.6 Å². The van der Waals surface area contributed by atoms with Crippen LogP contribution in [0.4, 0.5) is 0 Å². The van der Waals surface area contributed by atoms with Crippen molar-refractivity contribution in [3.63, 3.8) is 0 Å². The summed E-state index contributed by atoms with van der Waals surface area (Å²) in [5.74, 6) is -0.207. The third-order valence-electron chi connectivity index (χ3n) is 5.23. The van der Waals surface area contributed by atoms with Gasteiger partial charge in [-0.3, -0.25) is 0 Å². The molecule has 2 N–H and O–H groups in total. The second-order valence-electron chi connectivity index (χ2n) is 6.59. The van der Waals surface area contributed by atoms with Gasteiger partial charge in [0.1, 0.15) is 0 Å². The number of hydrogen-bond acceptors (Lipinski definition) is 2. The molecule has 0 aromatic heterocycles. The Kier molecular flexibility index (Phi) is 3.43. The maximum atomic E-state index is 11.1. The normalized spacial score (nSPS) is 20.2. The van der Waals surface area contributed by atoms with Crippen LogP contribution in [0, 0.1) is 16.7 Å². The minimum absolute atomic E-state index is 0.367. The van der Waals surface area contributed by atoms with Gasteiger partial charge in [-0.1, -0.05) is 45.9 Å². The van der Waals surface area contributed by atoms with Crippen LogP contribution < -0.4 is 5.32 Å². The van der Waals surface area contributed by atoms with Crippen LogP contribution in [0.25, 0.3) is 0 Å². The van der Waals surface area contributed by atoms with Gasteiger partial charge in [-0.15, -0.1) is 0 Å². The van der Waals surface area contributed by atoms with E-state index in [-0.39, 0.29) is 0 Å². The van der Waals surface area contributed by atoms with Gasteiger partial charge in [-0.05, 0) is 34.9 Å². The summed E-state index contributed by atoms with van der Waals surface area (Å²) in [6.45, 7) is 10.7. The Labute approximate surface area is 115 Å². The first-order chi connectivity index (χ1) is 8.78. The van der Waals surface area contributed by atoms with E-state index in [4.69, 9.17) is 5.11 Å². The molecule has 0 amide bonds. The second-order valence-corrected chi connectivity index (χ2v) is 6.59. The number of carboxylic acids is 1. The molecule has 3 heteroatoms. The SMILES string of the molecule is CC1(C)C(CNCc2ccccc2C(=O)O)C1(C)C. The molecule has 2 rings (SSSR count). The molecule has 0 heterocycles. The Hall–Kier alpha value is -1.35. The van der Waals surface area contributed by atoms with Gasteiger partial charge >= 0.3 is 5.97 Å². The molecule has 1 saturated carbocycles. The molecule has 19 heavy (non-hydrogen) atoms. The lowest BCUT2D eigenvalue weighted by molar-refractivity contribution is 0.0695. The number of carboxylic acid groups (broad SMARTS) is 1. The van der Waals surface area contributed by atoms with Crippen LogP contribution in [0.1, 0.15) is 43.6 Å². The Bertz CT molecular complexity index is 477. The first-order valence-electron chi connectivity index (χ1n) is 6.80. The van der Waals surface area contributed by atoms with Crippen molar-refractivity contribution in [2.75, 3.05) is 6.54 Å². The van der Waals surface area contributed by atoms with Crippen molar-refractivity contribution in [3.05, 3.63) is 35.4 Å². The van der Waals surface area contributed by atoms with Gasteiger partial charge in [-0.25, -0.2) is 4.79 Å². The third-order valence-corrected chi connectivity index (χ3v) is 5.23. The summed E-state index contributed by atoms with van der Waals surface area (Å²) in [6.07, 6.45) is 0. The van der Waals surface area contributed by atoms with Crippen molar-refractivity contribution < 1.29 is 9.90 Å². The molecule has 0 atom stereocenters. The van der Waals surface area contributed by atoms with E-state index in [2.05, 4.69) is 33.0 Å². The maximum absolute atomic E-state index is 11.1. The van der Waals surface area contributed by atoms with Crippen molar-refractivity contribution in [2.24, 2.45) is 16.7 Å². The van der Waals surface area contributed by atoms with Crippen LogP contribution in [0.5, 0.6) is 0 Å². The summed E-state index contributed by atoms with van der Waals surface area (Å²) in [5, 5.41) is 12.5. The summed E-state index contributed by atoms with van der Waals surface area (Å²) < 4.78 is 0. The van der Waals surface area contributed by atoms with Gasteiger partial charge < -0.3 is 10.4 Å². The summed E-state index contributed by atoms with van der Waals surface area (Å²) in [5.41, 5.74) is 1.98. The number of rotatable bonds is 5. The predicted molar refractivity (Wildman–Crippen MR) is 76.2 cm³/mol. The van der Waals surface area contributed by atoms with Crippen LogP contribution in [-0.2, 0) is 6.54 Å². The zero-order valence-electron chi connectivity index (χ0n) is 12.2. The lowest BCUT2D eigenvalue weighted by Gasteiger charge is -2.08. The summed E-state index contributed by atoms with van der Waals surface area (Å²) in [6, 6.07) is 7.18. The maximum Gasteiger partial charge on any atom is 0.336 e. The molecule has 1 fully saturated rings. The second kappa shape index (κ2) is 4.64. The molecule has 3 nitrogen and oxygen atoms in total. The Morgan fingerprint density at radius 1 is 1.21 bits per heavy atom. The lowest BCUT2D eigenvalue weighted by atomic mass is 10.0. The molecule has 1 aliphatic rings. The minimum Gasteiger partial charge on any atom is -0.478 e. The lowest BCUT2D eigenvalue weighted by Crippen LogP contribution is -2.20. The molecule has 104 valence electrons. The Balaban J connectivity index is 1.93. The van der Waals surface area contributed by atoms with Crippen molar-refractivity contribution in [1.29, 1.82) is 0 Å². The molecule has 0 saturated heterocycles. The van der Waals surface area contributed by atoms with E-state index in [9.17, 15) is 4.79 Å².